The fourth-order valence-corrected chi connectivity index (χ4v) is 2.41. The number of nitrogens with one attached hydrogen (secondary N) is 1. The number of carbonyl (C=O) groups is 2. The smallest absolute Gasteiger partial charge is 0.316 e. The van der Waals surface area contributed by atoms with Crippen molar-refractivity contribution >= 4 is 29.5 Å². The number of benzene rings is 1. The van der Waals surface area contributed by atoms with Crippen molar-refractivity contribution in [3.63, 3.8) is 0 Å². The second-order valence-electron chi connectivity index (χ2n) is 4.88. The minimum atomic E-state index is -0.382. The van der Waals surface area contributed by atoms with Gasteiger partial charge < -0.3 is 19.3 Å². The summed E-state index contributed by atoms with van der Waals surface area (Å²) in [6, 6.07) is 8.90. The van der Waals surface area contributed by atoms with Crippen LogP contribution in [0.2, 0.25) is 0 Å². The number of aryl methyl sites for hydroxylation is 1. The van der Waals surface area contributed by atoms with E-state index in [9.17, 15) is 9.59 Å². The van der Waals surface area contributed by atoms with Crippen LogP contribution in [0, 0.1) is 6.92 Å². The summed E-state index contributed by atoms with van der Waals surface area (Å²) in [7, 11) is 1.58. The summed E-state index contributed by atoms with van der Waals surface area (Å²) in [6.45, 7) is 1.90. The van der Waals surface area contributed by atoms with E-state index in [1.54, 1.807) is 26.2 Å². The molecule has 0 aliphatic carbocycles. The Balaban J connectivity index is 1.64. The lowest BCUT2D eigenvalue weighted by Gasteiger charge is -2.06. The molecule has 0 spiro atoms. The summed E-state index contributed by atoms with van der Waals surface area (Å²) < 4.78 is 15.1. The monoisotopic (exact) mass is 350 g/mol. The predicted octanol–water partition coefficient (Wildman–Crippen LogP) is 2.41. The van der Waals surface area contributed by atoms with Crippen LogP contribution in [0.1, 0.15) is 11.3 Å². The van der Waals surface area contributed by atoms with Crippen molar-refractivity contribution in [2.45, 2.75) is 13.5 Å². The van der Waals surface area contributed by atoms with Crippen LogP contribution in [0.5, 0.6) is 5.75 Å². The number of hydrogen-bond donors (Lipinski definition) is 1. The number of amides is 1. The van der Waals surface area contributed by atoms with E-state index < -0.39 is 0 Å². The van der Waals surface area contributed by atoms with Crippen LogP contribution in [0.3, 0.4) is 0 Å². The van der Waals surface area contributed by atoms with Gasteiger partial charge in [0.1, 0.15) is 18.1 Å². The molecule has 0 saturated carbocycles. The maximum Gasteiger partial charge on any atom is 0.316 e. The third-order valence-electron chi connectivity index (χ3n) is 2.88. The second-order valence-corrected chi connectivity index (χ2v) is 5.86. The molecule has 1 aromatic carbocycles. The van der Waals surface area contributed by atoms with Gasteiger partial charge in [-0.2, -0.15) is 0 Å². The van der Waals surface area contributed by atoms with E-state index >= 15 is 0 Å². The lowest BCUT2D eigenvalue weighted by atomic mass is 10.2. The average Bonchev–Trinajstić information content (AvgIpc) is 2.98. The maximum atomic E-state index is 11.7. The van der Waals surface area contributed by atoms with Gasteiger partial charge in [0.15, 0.2) is 5.82 Å². The van der Waals surface area contributed by atoms with E-state index in [0.717, 1.165) is 5.56 Å². The first-order valence-corrected chi connectivity index (χ1v) is 8.32. The van der Waals surface area contributed by atoms with Crippen LogP contribution in [-0.4, -0.2) is 35.6 Å². The molecule has 1 heterocycles. The number of anilines is 1. The van der Waals surface area contributed by atoms with E-state index in [4.69, 9.17) is 14.0 Å². The van der Waals surface area contributed by atoms with Gasteiger partial charge in [0.25, 0.3) is 0 Å². The minimum absolute atomic E-state index is 0.0925. The van der Waals surface area contributed by atoms with Gasteiger partial charge in [-0.25, -0.2) is 0 Å². The molecule has 0 bridgehead atoms. The molecule has 0 aliphatic rings. The molecule has 0 saturated heterocycles. The molecule has 1 N–H and O–H groups in total. The first kappa shape index (κ1) is 17.9. The highest BCUT2D eigenvalue weighted by Crippen LogP contribution is 2.14. The SMILES string of the molecule is COc1cccc(COC(=O)CSCC(=O)Nc2cc(C)on2)c1. The number of hydrogen-bond acceptors (Lipinski definition) is 7. The van der Waals surface area contributed by atoms with Gasteiger partial charge in [-0.05, 0) is 24.6 Å². The summed E-state index contributed by atoms with van der Waals surface area (Å²) in [5.41, 5.74) is 0.840. The van der Waals surface area contributed by atoms with Crippen LogP contribution in [0.15, 0.2) is 34.9 Å². The minimum Gasteiger partial charge on any atom is -0.497 e. The molecule has 0 atom stereocenters. The highest BCUT2D eigenvalue weighted by Gasteiger charge is 2.09. The molecule has 1 aromatic heterocycles. The van der Waals surface area contributed by atoms with Crippen LogP contribution < -0.4 is 10.1 Å². The zero-order valence-electron chi connectivity index (χ0n) is 13.4. The lowest BCUT2D eigenvalue weighted by molar-refractivity contribution is -0.141. The Morgan fingerprint density at radius 1 is 1.29 bits per heavy atom. The van der Waals surface area contributed by atoms with Crippen LogP contribution >= 0.6 is 11.8 Å². The molecule has 0 radical (unpaired) electrons. The highest BCUT2D eigenvalue weighted by atomic mass is 32.2. The third kappa shape index (κ3) is 5.96. The van der Waals surface area contributed by atoms with Gasteiger partial charge >= 0.3 is 5.97 Å². The van der Waals surface area contributed by atoms with Crippen molar-refractivity contribution in [3.8, 4) is 5.75 Å². The van der Waals surface area contributed by atoms with Crippen molar-refractivity contribution in [2.24, 2.45) is 0 Å². The molecule has 2 aromatic rings. The normalized spacial score (nSPS) is 10.2. The summed E-state index contributed by atoms with van der Waals surface area (Å²) in [5.74, 6) is 1.26. The summed E-state index contributed by atoms with van der Waals surface area (Å²) in [5, 5.41) is 6.23. The maximum absolute atomic E-state index is 11.7. The topological polar surface area (TPSA) is 90.7 Å². The van der Waals surface area contributed by atoms with E-state index in [1.807, 2.05) is 18.2 Å². The fraction of sp³-hybridized carbons (Fsp3) is 0.312. The molecule has 1 amide bonds. The highest BCUT2D eigenvalue weighted by molar-refractivity contribution is 8.00. The summed E-state index contributed by atoms with van der Waals surface area (Å²) in [6.07, 6.45) is 0. The van der Waals surface area contributed by atoms with Crippen molar-refractivity contribution in [1.29, 1.82) is 0 Å². The van der Waals surface area contributed by atoms with Crippen LogP contribution in [0.25, 0.3) is 0 Å². The summed E-state index contributed by atoms with van der Waals surface area (Å²) >= 11 is 1.17. The number of esters is 1. The molecule has 0 fully saturated rings. The lowest BCUT2D eigenvalue weighted by Crippen LogP contribution is -2.16. The second kappa shape index (κ2) is 8.97. The molecule has 0 unspecified atom stereocenters. The molecule has 128 valence electrons. The summed E-state index contributed by atoms with van der Waals surface area (Å²) in [4.78, 5) is 23.4. The van der Waals surface area contributed by atoms with Crippen molar-refractivity contribution in [2.75, 3.05) is 23.9 Å². The quantitative estimate of drug-likeness (QED) is 0.731. The van der Waals surface area contributed by atoms with Crippen molar-refractivity contribution < 1.29 is 23.6 Å². The number of methoxy groups -OCH3 is 1. The molecule has 7 nitrogen and oxygen atoms in total. The number of ether oxygens (including phenoxy) is 2. The van der Waals surface area contributed by atoms with E-state index in [-0.39, 0.29) is 30.0 Å². The largest absolute Gasteiger partial charge is 0.497 e. The number of carbonyl (C=O) groups excluding carboxylic acids is 2. The average molecular weight is 350 g/mol. The first-order chi connectivity index (χ1) is 11.6. The van der Waals surface area contributed by atoms with Gasteiger partial charge in [-0.3, -0.25) is 9.59 Å². The molecular formula is C16H18N2O5S. The molecule has 8 heteroatoms. The molecular weight excluding hydrogens is 332 g/mol. The van der Waals surface area contributed by atoms with E-state index in [1.165, 1.54) is 11.8 Å². The van der Waals surface area contributed by atoms with Gasteiger partial charge in [0.2, 0.25) is 5.91 Å². The Morgan fingerprint density at radius 2 is 2.12 bits per heavy atom. The molecule has 0 aliphatic heterocycles. The number of nitrogens with zero attached hydrogens (tertiary/aromatic N) is 1. The Morgan fingerprint density at radius 3 is 2.83 bits per heavy atom. The first-order valence-electron chi connectivity index (χ1n) is 7.16. The number of rotatable bonds is 8. The van der Waals surface area contributed by atoms with Gasteiger partial charge in [0.05, 0.1) is 18.6 Å². The van der Waals surface area contributed by atoms with Gasteiger partial charge in [-0.15, -0.1) is 11.8 Å². The molecule has 2 rings (SSSR count). The Hall–Kier alpha value is -2.48. The zero-order chi connectivity index (χ0) is 17.4. The van der Waals surface area contributed by atoms with Crippen LogP contribution in [-0.2, 0) is 20.9 Å². The Kier molecular flexibility index (Phi) is 6.68. The van der Waals surface area contributed by atoms with E-state index in [0.29, 0.717) is 17.3 Å². The predicted molar refractivity (Wildman–Crippen MR) is 90.0 cm³/mol. The number of aromatic nitrogens is 1. The standard InChI is InChI=1S/C16H18N2O5S/c1-11-6-14(18-23-11)17-15(19)9-24-10-16(20)22-8-12-4-3-5-13(7-12)21-2/h3-7H,8-10H2,1-2H3,(H,17,18,19). The Bertz CT molecular complexity index is 701. The van der Waals surface area contributed by atoms with Gasteiger partial charge in [-0.1, -0.05) is 17.3 Å². The van der Waals surface area contributed by atoms with Gasteiger partial charge in [0, 0.05) is 6.07 Å². The third-order valence-corrected chi connectivity index (χ3v) is 3.79. The van der Waals surface area contributed by atoms with Crippen molar-refractivity contribution in [1.82, 2.24) is 5.16 Å². The van der Waals surface area contributed by atoms with Crippen molar-refractivity contribution in [3.05, 3.63) is 41.7 Å². The number of thioether (sulfide) groups is 1. The molecule has 24 heavy (non-hydrogen) atoms. The van der Waals surface area contributed by atoms with E-state index in [2.05, 4.69) is 10.5 Å². The zero-order valence-corrected chi connectivity index (χ0v) is 14.2. The van der Waals surface area contributed by atoms with Crippen LogP contribution in [0.4, 0.5) is 5.82 Å². The fourth-order valence-electron chi connectivity index (χ4n) is 1.80. The Labute approximate surface area is 143 Å².